The summed E-state index contributed by atoms with van der Waals surface area (Å²) in [5, 5.41) is 0. The van der Waals surface area contributed by atoms with Gasteiger partial charge in [0.25, 0.3) is 0 Å². The van der Waals surface area contributed by atoms with E-state index in [1.807, 2.05) is 14.0 Å². The standard InChI is InChI=1S/C11H23N3O2S/c1-10(12)11(4-3-5-11)17(15,16)14-8-6-13(2)7-9-14/h10H,3-9,12H2,1-2H3. The molecule has 0 bridgehead atoms. The summed E-state index contributed by atoms with van der Waals surface area (Å²) in [7, 11) is -1.21. The molecule has 0 spiro atoms. The second-order valence-electron chi connectivity index (χ2n) is 5.41. The Morgan fingerprint density at radius 3 is 2.06 bits per heavy atom. The number of likely N-dealkylation sites (N-methyl/N-ethyl adjacent to an activating group) is 1. The molecule has 5 nitrogen and oxygen atoms in total. The lowest BCUT2D eigenvalue weighted by Gasteiger charge is -2.47. The van der Waals surface area contributed by atoms with Gasteiger partial charge in [-0.15, -0.1) is 0 Å². The largest absolute Gasteiger partial charge is 0.326 e. The fourth-order valence-electron chi connectivity index (χ4n) is 2.76. The topological polar surface area (TPSA) is 66.6 Å². The van der Waals surface area contributed by atoms with Gasteiger partial charge in [-0.3, -0.25) is 0 Å². The van der Waals surface area contributed by atoms with Gasteiger partial charge in [0.15, 0.2) is 0 Å². The van der Waals surface area contributed by atoms with Crippen molar-refractivity contribution in [2.45, 2.75) is 37.0 Å². The quantitative estimate of drug-likeness (QED) is 0.766. The Hall–Kier alpha value is -0.170. The first-order chi connectivity index (χ1) is 7.90. The molecule has 2 fully saturated rings. The smallest absolute Gasteiger partial charge is 0.221 e. The van der Waals surface area contributed by atoms with Crippen molar-refractivity contribution < 1.29 is 8.42 Å². The van der Waals surface area contributed by atoms with Gasteiger partial charge in [-0.25, -0.2) is 8.42 Å². The van der Waals surface area contributed by atoms with Gasteiger partial charge in [-0.05, 0) is 26.8 Å². The Labute approximate surface area is 104 Å². The number of hydrogen-bond acceptors (Lipinski definition) is 4. The molecule has 1 heterocycles. The number of rotatable bonds is 3. The van der Waals surface area contributed by atoms with Gasteiger partial charge >= 0.3 is 0 Å². The Kier molecular flexibility index (Phi) is 3.51. The third-order valence-electron chi connectivity index (χ3n) is 4.35. The van der Waals surface area contributed by atoms with Crippen molar-refractivity contribution in [3.8, 4) is 0 Å². The number of nitrogens with two attached hydrogens (primary N) is 1. The van der Waals surface area contributed by atoms with E-state index in [-0.39, 0.29) is 6.04 Å². The van der Waals surface area contributed by atoms with E-state index in [1.54, 1.807) is 4.31 Å². The summed E-state index contributed by atoms with van der Waals surface area (Å²) in [5.74, 6) is 0. The fraction of sp³-hybridized carbons (Fsp3) is 1.00. The molecule has 0 aromatic heterocycles. The number of hydrogen-bond donors (Lipinski definition) is 1. The first-order valence-electron chi connectivity index (χ1n) is 6.34. The van der Waals surface area contributed by atoms with E-state index in [1.165, 1.54) is 0 Å². The van der Waals surface area contributed by atoms with Crippen LogP contribution < -0.4 is 5.73 Å². The van der Waals surface area contributed by atoms with Gasteiger partial charge < -0.3 is 10.6 Å². The number of piperazine rings is 1. The average Bonchev–Trinajstić information content (AvgIpc) is 2.14. The molecule has 1 atom stereocenters. The minimum atomic E-state index is -3.23. The normalized spacial score (nSPS) is 28.6. The molecule has 17 heavy (non-hydrogen) atoms. The Morgan fingerprint density at radius 2 is 1.71 bits per heavy atom. The van der Waals surface area contributed by atoms with Gasteiger partial charge in [0.2, 0.25) is 10.0 Å². The Morgan fingerprint density at radius 1 is 1.18 bits per heavy atom. The van der Waals surface area contributed by atoms with E-state index in [0.717, 1.165) is 32.4 Å². The highest BCUT2D eigenvalue weighted by molar-refractivity contribution is 7.90. The van der Waals surface area contributed by atoms with E-state index in [9.17, 15) is 8.42 Å². The van der Waals surface area contributed by atoms with E-state index < -0.39 is 14.8 Å². The van der Waals surface area contributed by atoms with Crippen molar-refractivity contribution in [1.82, 2.24) is 9.21 Å². The minimum Gasteiger partial charge on any atom is -0.326 e. The third kappa shape index (κ3) is 2.01. The Balaban J connectivity index is 2.18. The van der Waals surface area contributed by atoms with E-state index in [2.05, 4.69) is 4.90 Å². The summed E-state index contributed by atoms with van der Waals surface area (Å²) in [6.07, 6.45) is 2.42. The van der Waals surface area contributed by atoms with Gasteiger partial charge in [0.1, 0.15) is 4.75 Å². The maximum atomic E-state index is 12.7. The average molecular weight is 261 g/mol. The predicted molar refractivity (Wildman–Crippen MR) is 68.2 cm³/mol. The van der Waals surface area contributed by atoms with Crippen LogP contribution in [0, 0.1) is 0 Å². The fourth-order valence-corrected chi connectivity index (χ4v) is 5.19. The maximum absolute atomic E-state index is 12.7. The molecule has 0 aromatic carbocycles. The number of sulfonamides is 1. The second-order valence-corrected chi connectivity index (χ2v) is 7.69. The summed E-state index contributed by atoms with van der Waals surface area (Å²) in [5.41, 5.74) is 5.94. The van der Waals surface area contributed by atoms with E-state index >= 15 is 0 Å². The van der Waals surface area contributed by atoms with Crippen molar-refractivity contribution >= 4 is 10.0 Å². The molecule has 2 rings (SSSR count). The molecule has 0 aromatic rings. The zero-order valence-electron chi connectivity index (χ0n) is 10.7. The van der Waals surface area contributed by atoms with Crippen molar-refractivity contribution in [2.24, 2.45) is 5.73 Å². The first kappa shape index (κ1) is 13.3. The molecular formula is C11H23N3O2S. The van der Waals surface area contributed by atoms with Crippen LogP contribution in [0.1, 0.15) is 26.2 Å². The molecule has 2 aliphatic rings. The van der Waals surface area contributed by atoms with Crippen LogP contribution in [0.5, 0.6) is 0 Å². The maximum Gasteiger partial charge on any atom is 0.221 e. The molecule has 6 heteroatoms. The molecule has 0 amide bonds. The zero-order chi connectivity index (χ0) is 12.7. The lowest BCUT2D eigenvalue weighted by atomic mass is 9.79. The van der Waals surface area contributed by atoms with Crippen LogP contribution in [-0.4, -0.2) is 61.6 Å². The van der Waals surface area contributed by atoms with Crippen molar-refractivity contribution in [3.05, 3.63) is 0 Å². The van der Waals surface area contributed by atoms with Crippen molar-refractivity contribution in [3.63, 3.8) is 0 Å². The van der Waals surface area contributed by atoms with Crippen molar-refractivity contribution in [1.29, 1.82) is 0 Å². The second kappa shape index (κ2) is 4.50. The summed E-state index contributed by atoms with van der Waals surface area (Å²) in [6.45, 7) is 4.66. The summed E-state index contributed by atoms with van der Waals surface area (Å²) in [6, 6.07) is -0.277. The monoisotopic (exact) mass is 261 g/mol. The van der Waals surface area contributed by atoms with Crippen LogP contribution in [0.25, 0.3) is 0 Å². The third-order valence-corrected chi connectivity index (χ3v) is 7.20. The molecule has 1 aliphatic carbocycles. The summed E-state index contributed by atoms with van der Waals surface area (Å²) in [4.78, 5) is 2.16. The van der Waals surface area contributed by atoms with Gasteiger partial charge in [0.05, 0.1) is 0 Å². The molecule has 1 aliphatic heterocycles. The number of nitrogens with zero attached hydrogens (tertiary/aromatic N) is 2. The molecular weight excluding hydrogens is 238 g/mol. The van der Waals surface area contributed by atoms with Crippen LogP contribution in [0.4, 0.5) is 0 Å². The Bertz CT molecular complexity index is 368. The van der Waals surface area contributed by atoms with Gasteiger partial charge in [-0.2, -0.15) is 4.31 Å². The minimum absolute atomic E-state index is 0.277. The predicted octanol–water partition coefficient (Wildman–Crippen LogP) is -0.166. The molecule has 100 valence electrons. The summed E-state index contributed by atoms with van der Waals surface area (Å²) < 4.78 is 26.3. The van der Waals surface area contributed by atoms with Crippen LogP contribution in [0.3, 0.4) is 0 Å². The molecule has 1 unspecified atom stereocenters. The van der Waals surface area contributed by atoms with E-state index in [0.29, 0.717) is 13.1 Å². The molecule has 0 radical (unpaired) electrons. The zero-order valence-corrected chi connectivity index (χ0v) is 11.5. The molecule has 1 saturated heterocycles. The van der Waals surface area contributed by atoms with Crippen molar-refractivity contribution in [2.75, 3.05) is 33.2 Å². The highest BCUT2D eigenvalue weighted by Gasteiger charge is 2.54. The molecule has 1 saturated carbocycles. The van der Waals surface area contributed by atoms with Crippen LogP contribution >= 0.6 is 0 Å². The highest BCUT2D eigenvalue weighted by atomic mass is 32.2. The summed E-state index contributed by atoms with van der Waals surface area (Å²) >= 11 is 0. The SMILES string of the molecule is CC(N)C1(S(=O)(=O)N2CCN(C)CC2)CCC1. The van der Waals surface area contributed by atoms with Crippen LogP contribution in [-0.2, 0) is 10.0 Å². The van der Waals surface area contributed by atoms with Gasteiger partial charge in [-0.1, -0.05) is 6.42 Å². The lowest BCUT2D eigenvalue weighted by molar-refractivity contribution is 0.205. The molecule has 2 N–H and O–H groups in total. The van der Waals surface area contributed by atoms with Gasteiger partial charge in [0, 0.05) is 32.2 Å². The first-order valence-corrected chi connectivity index (χ1v) is 7.78. The van der Waals surface area contributed by atoms with E-state index in [4.69, 9.17) is 5.73 Å². The lowest BCUT2D eigenvalue weighted by Crippen LogP contribution is -2.63. The van der Waals surface area contributed by atoms with Crippen LogP contribution in [0.15, 0.2) is 0 Å². The van der Waals surface area contributed by atoms with Crippen LogP contribution in [0.2, 0.25) is 0 Å². The highest BCUT2D eigenvalue weighted by Crippen LogP contribution is 2.43.